The van der Waals surface area contributed by atoms with Gasteiger partial charge in [0.15, 0.2) is 0 Å². The third-order valence-electron chi connectivity index (χ3n) is 6.57. The average Bonchev–Trinajstić information content (AvgIpc) is 3.35. The molecule has 0 saturated carbocycles. The standard InChI is InChI=1S/C25H30N4O2/c1-18-7-8-19(2)23(15-18)29-17-20(16-24(29)30)25-26-21-5-3-4-6-22(21)28(25)10-9-27-11-13-31-14-12-27/h3-8,15,20H,9-14,16-17H2,1-2H3/t20-/m1/s1. The lowest BCUT2D eigenvalue weighted by Gasteiger charge is -2.27. The number of carbonyl (C=O) groups excluding carboxylic acids is 1. The highest BCUT2D eigenvalue weighted by molar-refractivity contribution is 5.97. The van der Waals surface area contributed by atoms with Gasteiger partial charge in [0.05, 0.1) is 24.2 Å². The molecule has 0 radical (unpaired) electrons. The van der Waals surface area contributed by atoms with Crippen LogP contribution in [0.5, 0.6) is 0 Å². The van der Waals surface area contributed by atoms with Crippen molar-refractivity contribution in [2.24, 2.45) is 0 Å². The number of hydrogen-bond donors (Lipinski definition) is 0. The Morgan fingerprint density at radius 1 is 1.06 bits per heavy atom. The fourth-order valence-electron chi connectivity index (χ4n) is 4.83. The van der Waals surface area contributed by atoms with Crippen LogP contribution in [0.4, 0.5) is 5.69 Å². The molecule has 1 aromatic heterocycles. The second-order valence-electron chi connectivity index (χ2n) is 8.76. The largest absolute Gasteiger partial charge is 0.379 e. The van der Waals surface area contributed by atoms with E-state index in [0.29, 0.717) is 13.0 Å². The lowest BCUT2D eigenvalue weighted by Crippen LogP contribution is -2.38. The van der Waals surface area contributed by atoms with Crippen LogP contribution in [0.3, 0.4) is 0 Å². The summed E-state index contributed by atoms with van der Waals surface area (Å²) in [6.07, 6.45) is 0.508. The van der Waals surface area contributed by atoms with Crippen LogP contribution < -0.4 is 4.90 Å². The smallest absolute Gasteiger partial charge is 0.227 e. The van der Waals surface area contributed by atoms with Gasteiger partial charge in [0, 0.05) is 50.7 Å². The lowest BCUT2D eigenvalue weighted by atomic mass is 10.1. The summed E-state index contributed by atoms with van der Waals surface area (Å²) in [5.41, 5.74) is 5.51. The quantitative estimate of drug-likeness (QED) is 0.636. The Morgan fingerprint density at radius 3 is 2.71 bits per heavy atom. The molecule has 0 N–H and O–H groups in total. The van der Waals surface area contributed by atoms with Crippen LogP contribution in [-0.2, 0) is 16.1 Å². The highest BCUT2D eigenvalue weighted by atomic mass is 16.5. The molecule has 6 nitrogen and oxygen atoms in total. The summed E-state index contributed by atoms with van der Waals surface area (Å²) < 4.78 is 7.83. The maximum Gasteiger partial charge on any atom is 0.227 e. The van der Waals surface area contributed by atoms with Crippen molar-refractivity contribution in [2.45, 2.75) is 32.7 Å². The average molecular weight is 419 g/mol. The predicted octanol–water partition coefficient (Wildman–Crippen LogP) is 3.51. The zero-order valence-electron chi connectivity index (χ0n) is 18.4. The van der Waals surface area contributed by atoms with Gasteiger partial charge in [-0.05, 0) is 43.2 Å². The van der Waals surface area contributed by atoms with E-state index < -0.39 is 0 Å². The zero-order valence-corrected chi connectivity index (χ0v) is 18.4. The first-order valence-corrected chi connectivity index (χ1v) is 11.2. The van der Waals surface area contributed by atoms with Crippen molar-refractivity contribution in [3.05, 3.63) is 59.4 Å². The van der Waals surface area contributed by atoms with Crippen molar-refractivity contribution >= 4 is 22.6 Å². The van der Waals surface area contributed by atoms with Crippen LogP contribution >= 0.6 is 0 Å². The first-order valence-electron chi connectivity index (χ1n) is 11.2. The number of aryl methyl sites for hydroxylation is 2. The minimum absolute atomic E-state index is 0.101. The number of hydrogen-bond acceptors (Lipinski definition) is 4. The molecule has 0 bridgehead atoms. The first kappa shape index (κ1) is 20.2. The number of ether oxygens (including phenoxy) is 1. The van der Waals surface area contributed by atoms with Gasteiger partial charge in [0.1, 0.15) is 5.82 Å². The van der Waals surface area contributed by atoms with Crippen LogP contribution in [0.2, 0.25) is 0 Å². The Morgan fingerprint density at radius 2 is 1.87 bits per heavy atom. The minimum atomic E-state index is 0.101. The highest BCUT2D eigenvalue weighted by Crippen LogP contribution is 2.34. The Hall–Kier alpha value is -2.70. The van der Waals surface area contributed by atoms with Gasteiger partial charge in [-0.2, -0.15) is 0 Å². The van der Waals surface area contributed by atoms with Crippen LogP contribution in [0.25, 0.3) is 11.0 Å². The molecule has 0 unspecified atom stereocenters. The molecule has 2 saturated heterocycles. The maximum absolute atomic E-state index is 13.0. The first-order chi connectivity index (χ1) is 15.1. The van der Waals surface area contributed by atoms with E-state index in [2.05, 4.69) is 59.7 Å². The maximum atomic E-state index is 13.0. The second-order valence-corrected chi connectivity index (χ2v) is 8.76. The predicted molar refractivity (Wildman–Crippen MR) is 123 cm³/mol. The number of carbonyl (C=O) groups is 1. The van der Waals surface area contributed by atoms with Gasteiger partial charge in [-0.3, -0.25) is 9.69 Å². The Kier molecular flexibility index (Phi) is 5.50. The third-order valence-corrected chi connectivity index (χ3v) is 6.57. The number of amides is 1. The molecule has 0 spiro atoms. The van der Waals surface area contributed by atoms with Crippen molar-refractivity contribution in [3.63, 3.8) is 0 Å². The highest BCUT2D eigenvalue weighted by Gasteiger charge is 2.35. The molecule has 5 rings (SSSR count). The van der Waals surface area contributed by atoms with E-state index in [9.17, 15) is 4.79 Å². The van der Waals surface area contributed by atoms with Crippen LogP contribution in [0, 0.1) is 13.8 Å². The van der Waals surface area contributed by atoms with E-state index in [-0.39, 0.29) is 11.8 Å². The summed E-state index contributed by atoms with van der Waals surface area (Å²) in [6.45, 7) is 10.2. The Bertz CT molecular complexity index is 1100. The molecule has 2 fully saturated rings. The Labute approximate surface area is 183 Å². The van der Waals surface area contributed by atoms with E-state index in [1.165, 1.54) is 5.56 Å². The van der Waals surface area contributed by atoms with Gasteiger partial charge in [0.25, 0.3) is 0 Å². The van der Waals surface area contributed by atoms with Gasteiger partial charge in [-0.1, -0.05) is 24.3 Å². The topological polar surface area (TPSA) is 50.6 Å². The summed E-state index contributed by atoms with van der Waals surface area (Å²) in [7, 11) is 0. The van der Waals surface area contributed by atoms with Crippen molar-refractivity contribution in [2.75, 3.05) is 44.3 Å². The molecule has 2 aromatic carbocycles. The number of fused-ring (bicyclic) bond motifs is 1. The second kappa shape index (κ2) is 8.44. The fourth-order valence-corrected chi connectivity index (χ4v) is 4.83. The molecular weight excluding hydrogens is 388 g/mol. The van der Waals surface area contributed by atoms with E-state index >= 15 is 0 Å². The molecule has 3 aromatic rings. The number of benzene rings is 2. The molecule has 1 atom stereocenters. The molecule has 6 heteroatoms. The van der Waals surface area contributed by atoms with E-state index in [4.69, 9.17) is 9.72 Å². The molecule has 1 amide bonds. The van der Waals surface area contributed by atoms with Gasteiger partial charge in [-0.25, -0.2) is 4.98 Å². The summed E-state index contributed by atoms with van der Waals surface area (Å²) >= 11 is 0. The van der Waals surface area contributed by atoms with Crippen LogP contribution in [0.1, 0.15) is 29.3 Å². The van der Waals surface area contributed by atoms with Gasteiger partial charge in [0.2, 0.25) is 5.91 Å². The number of aromatic nitrogens is 2. The fraction of sp³-hybridized carbons (Fsp3) is 0.440. The van der Waals surface area contributed by atoms with Crippen LogP contribution in [0.15, 0.2) is 42.5 Å². The monoisotopic (exact) mass is 418 g/mol. The van der Waals surface area contributed by atoms with Gasteiger partial charge in [-0.15, -0.1) is 0 Å². The number of imidazole rings is 1. The summed E-state index contributed by atoms with van der Waals surface area (Å²) in [4.78, 5) is 22.4. The van der Waals surface area contributed by atoms with Crippen LogP contribution in [-0.4, -0.2) is 59.8 Å². The van der Waals surface area contributed by atoms with Crippen molar-refractivity contribution in [1.82, 2.24) is 14.5 Å². The number of morpholine rings is 1. The van der Waals surface area contributed by atoms with Crippen molar-refractivity contribution < 1.29 is 9.53 Å². The summed E-state index contributed by atoms with van der Waals surface area (Å²) in [6, 6.07) is 14.6. The molecular formula is C25H30N4O2. The third kappa shape index (κ3) is 3.98. The lowest BCUT2D eigenvalue weighted by molar-refractivity contribution is -0.117. The molecule has 162 valence electrons. The number of nitrogens with zero attached hydrogens (tertiary/aromatic N) is 4. The van der Waals surface area contributed by atoms with Gasteiger partial charge >= 0.3 is 0 Å². The summed E-state index contributed by atoms with van der Waals surface area (Å²) in [5, 5.41) is 0. The minimum Gasteiger partial charge on any atom is -0.379 e. The van der Waals surface area contributed by atoms with Gasteiger partial charge < -0.3 is 14.2 Å². The van der Waals surface area contributed by atoms with Crippen molar-refractivity contribution in [3.8, 4) is 0 Å². The molecule has 2 aliphatic rings. The zero-order chi connectivity index (χ0) is 21.4. The van der Waals surface area contributed by atoms with Crippen molar-refractivity contribution in [1.29, 1.82) is 0 Å². The van der Waals surface area contributed by atoms with E-state index in [1.54, 1.807) is 0 Å². The molecule has 0 aliphatic carbocycles. The number of rotatable bonds is 5. The normalized spacial score (nSPS) is 20.1. The molecule has 2 aliphatic heterocycles. The molecule has 3 heterocycles. The SMILES string of the molecule is Cc1ccc(C)c(N2C[C@H](c3nc4ccccc4n3CCN3CCOCC3)CC2=O)c1. The number of anilines is 1. The Balaban J connectivity index is 1.44. The van der Waals surface area contributed by atoms with E-state index in [1.807, 2.05) is 11.0 Å². The summed E-state index contributed by atoms with van der Waals surface area (Å²) in [5.74, 6) is 1.32. The molecule has 31 heavy (non-hydrogen) atoms. The van der Waals surface area contributed by atoms with E-state index in [0.717, 1.165) is 67.5 Å². The number of para-hydroxylation sites is 2.